The first kappa shape index (κ1) is 15.0. The van der Waals surface area contributed by atoms with Crippen molar-refractivity contribution in [2.75, 3.05) is 0 Å². The van der Waals surface area contributed by atoms with Crippen molar-refractivity contribution < 1.29 is 4.79 Å². The summed E-state index contributed by atoms with van der Waals surface area (Å²) in [5.41, 5.74) is 0. The molecule has 2 nitrogen and oxygen atoms in total. The van der Waals surface area contributed by atoms with Gasteiger partial charge in [-0.3, -0.25) is 4.79 Å². The summed E-state index contributed by atoms with van der Waals surface area (Å²) >= 11 is 0. The number of hydrogen-bond donors (Lipinski definition) is 1. The first-order valence-corrected chi connectivity index (χ1v) is 6.44. The molecule has 1 unspecified atom stereocenters. The summed E-state index contributed by atoms with van der Waals surface area (Å²) in [7, 11) is 0. The second-order valence-electron chi connectivity index (χ2n) is 4.33. The SMILES string of the molecule is C#CC(CCCCCCCCC)NC(C)=O. The van der Waals surface area contributed by atoms with E-state index in [4.69, 9.17) is 6.42 Å². The summed E-state index contributed by atoms with van der Waals surface area (Å²) in [6.07, 6.45) is 15.2. The zero-order valence-electron chi connectivity index (χ0n) is 10.7. The number of unbranched alkanes of at least 4 members (excludes halogenated alkanes) is 6. The maximum atomic E-state index is 10.8. The lowest BCUT2D eigenvalue weighted by atomic mass is 10.1. The van der Waals surface area contributed by atoms with E-state index in [1.165, 1.54) is 45.4 Å². The Hall–Kier alpha value is -0.970. The highest BCUT2D eigenvalue weighted by atomic mass is 16.1. The second-order valence-corrected chi connectivity index (χ2v) is 4.33. The van der Waals surface area contributed by atoms with Crippen molar-refractivity contribution in [2.45, 2.75) is 71.3 Å². The van der Waals surface area contributed by atoms with Gasteiger partial charge in [-0.1, -0.05) is 57.8 Å². The molecule has 0 radical (unpaired) electrons. The molecule has 0 saturated carbocycles. The van der Waals surface area contributed by atoms with Gasteiger partial charge < -0.3 is 5.32 Å². The van der Waals surface area contributed by atoms with Gasteiger partial charge in [0.1, 0.15) is 0 Å². The number of rotatable bonds is 9. The number of carbonyl (C=O) groups excluding carboxylic acids is 1. The third-order valence-electron chi connectivity index (χ3n) is 2.68. The zero-order chi connectivity index (χ0) is 12.2. The van der Waals surface area contributed by atoms with E-state index in [0.29, 0.717) is 0 Å². The van der Waals surface area contributed by atoms with Crippen LogP contribution in [0, 0.1) is 12.3 Å². The second kappa shape index (κ2) is 10.5. The molecule has 0 heterocycles. The number of amides is 1. The molecule has 0 rings (SSSR count). The fourth-order valence-corrected chi connectivity index (χ4v) is 1.75. The summed E-state index contributed by atoms with van der Waals surface area (Å²) in [5.74, 6) is 2.58. The molecule has 0 aromatic rings. The van der Waals surface area contributed by atoms with E-state index in [2.05, 4.69) is 18.2 Å². The normalized spacial score (nSPS) is 11.8. The van der Waals surface area contributed by atoms with E-state index in [1.807, 2.05) is 0 Å². The average Bonchev–Trinajstić information content (AvgIpc) is 2.25. The average molecular weight is 223 g/mol. The molecule has 2 heteroatoms. The van der Waals surface area contributed by atoms with E-state index < -0.39 is 0 Å². The van der Waals surface area contributed by atoms with Gasteiger partial charge in [0, 0.05) is 6.92 Å². The van der Waals surface area contributed by atoms with E-state index in [-0.39, 0.29) is 11.9 Å². The van der Waals surface area contributed by atoms with Crippen LogP contribution < -0.4 is 5.32 Å². The lowest BCUT2D eigenvalue weighted by Crippen LogP contribution is -2.31. The smallest absolute Gasteiger partial charge is 0.217 e. The fourth-order valence-electron chi connectivity index (χ4n) is 1.75. The predicted octanol–water partition coefficient (Wildman–Crippen LogP) is 3.27. The van der Waals surface area contributed by atoms with E-state index in [1.54, 1.807) is 0 Å². The topological polar surface area (TPSA) is 29.1 Å². The molecule has 16 heavy (non-hydrogen) atoms. The van der Waals surface area contributed by atoms with Crippen LogP contribution in [0.4, 0.5) is 0 Å². The minimum atomic E-state index is -0.0758. The quantitative estimate of drug-likeness (QED) is 0.472. The first-order valence-electron chi connectivity index (χ1n) is 6.44. The van der Waals surface area contributed by atoms with Gasteiger partial charge in [-0.05, 0) is 6.42 Å². The van der Waals surface area contributed by atoms with Crippen molar-refractivity contribution in [3.63, 3.8) is 0 Å². The van der Waals surface area contributed by atoms with Crippen molar-refractivity contribution in [1.82, 2.24) is 5.32 Å². The van der Waals surface area contributed by atoms with Crippen LogP contribution in [-0.2, 0) is 4.79 Å². The third-order valence-corrected chi connectivity index (χ3v) is 2.68. The molecule has 0 aliphatic carbocycles. The molecular formula is C14H25NO. The van der Waals surface area contributed by atoms with Gasteiger partial charge in [-0.15, -0.1) is 6.42 Å². The summed E-state index contributed by atoms with van der Waals surface area (Å²) in [4.78, 5) is 10.8. The molecule has 92 valence electrons. The van der Waals surface area contributed by atoms with Crippen LogP contribution in [0.3, 0.4) is 0 Å². The highest BCUT2D eigenvalue weighted by molar-refractivity contribution is 5.73. The van der Waals surface area contributed by atoms with Crippen LogP contribution >= 0.6 is 0 Å². The molecule has 0 aliphatic heterocycles. The molecule has 0 saturated heterocycles. The Kier molecular flexibility index (Phi) is 9.91. The van der Waals surface area contributed by atoms with E-state index in [0.717, 1.165) is 12.8 Å². The molecule has 1 atom stereocenters. The van der Waals surface area contributed by atoms with Crippen LogP contribution in [-0.4, -0.2) is 11.9 Å². The summed E-state index contributed by atoms with van der Waals surface area (Å²) in [6.45, 7) is 3.74. The Morgan fingerprint density at radius 1 is 1.19 bits per heavy atom. The highest BCUT2D eigenvalue weighted by Gasteiger charge is 2.04. The Balaban J connectivity index is 3.35. The molecular weight excluding hydrogens is 198 g/mol. The number of hydrogen-bond acceptors (Lipinski definition) is 1. The molecule has 1 amide bonds. The van der Waals surface area contributed by atoms with Crippen LogP contribution in [0.1, 0.15) is 65.2 Å². The van der Waals surface area contributed by atoms with Gasteiger partial charge in [0.2, 0.25) is 5.91 Å². The number of nitrogens with one attached hydrogen (secondary N) is 1. The Morgan fingerprint density at radius 3 is 2.25 bits per heavy atom. The molecule has 0 fully saturated rings. The van der Waals surface area contributed by atoms with Crippen molar-refractivity contribution >= 4 is 5.91 Å². The van der Waals surface area contributed by atoms with Gasteiger partial charge in [-0.25, -0.2) is 0 Å². The van der Waals surface area contributed by atoms with Gasteiger partial charge in [0.15, 0.2) is 0 Å². The van der Waals surface area contributed by atoms with E-state index in [9.17, 15) is 4.79 Å². The van der Waals surface area contributed by atoms with Crippen molar-refractivity contribution in [3.05, 3.63) is 0 Å². The standard InChI is InChI=1S/C14H25NO/c1-4-6-7-8-9-10-11-12-14(5-2)15-13(3)16/h2,14H,4,6-12H2,1,3H3,(H,15,16). The minimum Gasteiger partial charge on any atom is -0.343 e. The van der Waals surface area contributed by atoms with Crippen molar-refractivity contribution in [3.8, 4) is 12.3 Å². The maximum Gasteiger partial charge on any atom is 0.217 e. The maximum absolute atomic E-state index is 10.8. The fraction of sp³-hybridized carbons (Fsp3) is 0.786. The molecule has 0 spiro atoms. The molecule has 1 N–H and O–H groups in total. The largest absolute Gasteiger partial charge is 0.343 e. The lowest BCUT2D eigenvalue weighted by molar-refractivity contribution is -0.119. The summed E-state index contributed by atoms with van der Waals surface area (Å²) in [5, 5.41) is 2.77. The van der Waals surface area contributed by atoms with Gasteiger partial charge in [0.25, 0.3) is 0 Å². The zero-order valence-corrected chi connectivity index (χ0v) is 10.7. The Labute approximate surface area is 100 Å². The van der Waals surface area contributed by atoms with Crippen LogP contribution in [0.5, 0.6) is 0 Å². The van der Waals surface area contributed by atoms with Gasteiger partial charge in [0.05, 0.1) is 6.04 Å². The summed E-state index contributed by atoms with van der Waals surface area (Å²) in [6, 6.07) is -0.0758. The lowest BCUT2D eigenvalue weighted by Gasteiger charge is -2.10. The molecule has 0 aliphatic rings. The summed E-state index contributed by atoms with van der Waals surface area (Å²) < 4.78 is 0. The molecule has 0 bridgehead atoms. The van der Waals surface area contributed by atoms with Crippen molar-refractivity contribution in [1.29, 1.82) is 0 Å². The minimum absolute atomic E-state index is 0.0362. The third kappa shape index (κ3) is 9.58. The van der Waals surface area contributed by atoms with Crippen LogP contribution in [0.15, 0.2) is 0 Å². The monoisotopic (exact) mass is 223 g/mol. The predicted molar refractivity (Wildman–Crippen MR) is 69.0 cm³/mol. The van der Waals surface area contributed by atoms with Crippen LogP contribution in [0.2, 0.25) is 0 Å². The van der Waals surface area contributed by atoms with E-state index >= 15 is 0 Å². The first-order chi connectivity index (χ1) is 7.70. The Bertz CT molecular complexity index is 217. The van der Waals surface area contributed by atoms with Gasteiger partial charge >= 0.3 is 0 Å². The number of terminal acetylenes is 1. The van der Waals surface area contributed by atoms with Crippen LogP contribution in [0.25, 0.3) is 0 Å². The van der Waals surface area contributed by atoms with Crippen molar-refractivity contribution in [2.24, 2.45) is 0 Å². The van der Waals surface area contributed by atoms with Gasteiger partial charge in [-0.2, -0.15) is 0 Å². The Morgan fingerprint density at radius 2 is 1.75 bits per heavy atom. The molecule has 0 aromatic carbocycles. The highest BCUT2D eigenvalue weighted by Crippen LogP contribution is 2.09. The molecule has 0 aromatic heterocycles. The number of carbonyl (C=O) groups is 1.